The highest BCUT2D eigenvalue weighted by Gasteiger charge is 2.42. The maximum absolute atomic E-state index is 12.1. The van der Waals surface area contributed by atoms with Gasteiger partial charge in [0.2, 0.25) is 5.91 Å². The molecule has 2 aliphatic heterocycles. The van der Waals surface area contributed by atoms with Crippen LogP contribution >= 0.6 is 0 Å². The molecule has 2 atom stereocenters. The van der Waals surface area contributed by atoms with Gasteiger partial charge in [0.25, 0.3) is 5.97 Å². The quantitative estimate of drug-likeness (QED) is 0.881. The smallest absolute Gasteiger partial charge is 0.300 e. The van der Waals surface area contributed by atoms with Gasteiger partial charge in [0.15, 0.2) is 0 Å². The summed E-state index contributed by atoms with van der Waals surface area (Å²) in [6, 6.07) is 10.7. The Kier molecular flexibility index (Phi) is 5.14. The lowest BCUT2D eigenvalue weighted by Gasteiger charge is -2.22. The Morgan fingerprint density at radius 3 is 2.80 bits per heavy atom. The Morgan fingerprint density at radius 1 is 1.36 bits per heavy atom. The number of benzene rings is 1. The number of fused-ring (bicyclic) bond motifs is 1. The third kappa shape index (κ3) is 4.06. The van der Waals surface area contributed by atoms with Crippen molar-refractivity contribution in [3.63, 3.8) is 0 Å². The predicted molar refractivity (Wildman–Crippen MR) is 92.2 cm³/mol. The van der Waals surface area contributed by atoms with E-state index in [1.807, 2.05) is 52.3 Å². The number of likely N-dealkylation sites (tertiary alicyclic amines) is 1. The summed E-state index contributed by atoms with van der Waals surface area (Å²) in [5.74, 6) is -0.579. The van der Waals surface area contributed by atoms with Crippen LogP contribution in [0.2, 0.25) is 0 Å². The molecule has 3 heterocycles. The van der Waals surface area contributed by atoms with Gasteiger partial charge >= 0.3 is 0 Å². The summed E-state index contributed by atoms with van der Waals surface area (Å²) in [6.45, 7) is 2.76. The first-order valence-electron chi connectivity index (χ1n) is 8.36. The Balaban J connectivity index is 0.000000415. The SMILES string of the molecule is CC(=O)O.O=C1C[C@H]2NCC[C@H]2N1Cc1cnn(-c2ccccc2)c1. The van der Waals surface area contributed by atoms with Crippen LogP contribution in [0, 0.1) is 0 Å². The minimum Gasteiger partial charge on any atom is -0.481 e. The normalized spacial score (nSPS) is 21.6. The van der Waals surface area contributed by atoms with Crippen molar-refractivity contribution in [3.8, 4) is 5.69 Å². The number of nitrogens with zero attached hydrogens (tertiary/aromatic N) is 3. The van der Waals surface area contributed by atoms with E-state index in [9.17, 15) is 4.79 Å². The molecule has 2 fully saturated rings. The second kappa shape index (κ2) is 7.48. The van der Waals surface area contributed by atoms with Crippen LogP contribution in [0.4, 0.5) is 0 Å². The summed E-state index contributed by atoms with van der Waals surface area (Å²) in [7, 11) is 0. The number of rotatable bonds is 3. The third-order valence-electron chi connectivity index (χ3n) is 4.44. The van der Waals surface area contributed by atoms with Crippen LogP contribution in [-0.4, -0.2) is 50.3 Å². The second-order valence-corrected chi connectivity index (χ2v) is 6.29. The van der Waals surface area contributed by atoms with E-state index < -0.39 is 5.97 Å². The molecular weight excluding hydrogens is 320 g/mol. The fourth-order valence-corrected chi connectivity index (χ4v) is 3.39. The number of carbonyl (C=O) groups excluding carboxylic acids is 1. The summed E-state index contributed by atoms with van der Waals surface area (Å²) in [5, 5.41) is 15.2. The molecule has 0 radical (unpaired) electrons. The number of para-hydroxylation sites is 1. The van der Waals surface area contributed by atoms with Crippen LogP contribution in [0.3, 0.4) is 0 Å². The predicted octanol–water partition coefficient (Wildman–Crippen LogP) is 1.43. The number of carboxylic acids is 1. The van der Waals surface area contributed by atoms with Crippen LogP contribution in [0.5, 0.6) is 0 Å². The molecule has 25 heavy (non-hydrogen) atoms. The van der Waals surface area contributed by atoms with Crippen molar-refractivity contribution in [1.82, 2.24) is 20.0 Å². The van der Waals surface area contributed by atoms with Crippen molar-refractivity contribution in [2.45, 2.75) is 38.4 Å². The molecule has 2 saturated heterocycles. The number of hydrogen-bond acceptors (Lipinski definition) is 4. The highest BCUT2D eigenvalue weighted by Crippen LogP contribution is 2.27. The number of nitrogens with one attached hydrogen (secondary N) is 1. The zero-order valence-electron chi connectivity index (χ0n) is 14.1. The van der Waals surface area contributed by atoms with Gasteiger partial charge in [-0.2, -0.15) is 5.10 Å². The summed E-state index contributed by atoms with van der Waals surface area (Å²) in [4.78, 5) is 23.1. The lowest BCUT2D eigenvalue weighted by molar-refractivity contribution is -0.134. The van der Waals surface area contributed by atoms with Crippen molar-refractivity contribution >= 4 is 11.9 Å². The van der Waals surface area contributed by atoms with Crippen LogP contribution < -0.4 is 5.32 Å². The van der Waals surface area contributed by atoms with Crippen molar-refractivity contribution in [1.29, 1.82) is 0 Å². The highest BCUT2D eigenvalue weighted by atomic mass is 16.4. The molecule has 1 aromatic heterocycles. The Hall–Kier alpha value is -2.67. The summed E-state index contributed by atoms with van der Waals surface area (Å²) in [5.41, 5.74) is 2.12. The minimum atomic E-state index is -0.833. The molecule has 7 heteroatoms. The fraction of sp³-hybridized carbons (Fsp3) is 0.389. The number of hydrogen-bond donors (Lipinski definition) is 2. The first kappa shape index (κ1) is 17.2. The van der Waals surface area contributed by atoms with Crippen molar-refractivity contribution in [3.05, 3.63) is 48.3 Å². The average molecular weight is 342 g/mol. The molecule has 0 bridgehead atoms. The van der Waals surface area contributed by atoms with Crippen LogP contribution in [-0.2, 0) is 16.1 Å². The van der Waals surface area contributed by atoms with E-state index in [1.54, 1.807) is 0 Å². The van der Waals surface area contributed by atoms with Gasteiger partial charge < -0.3 is 15.3 Å². The van der Waals surface area contributed by atoms with Gasteiger partial charge in [-0.1, -0.05) is 18.2 Å². The van der Waals surface area contributed by atoms with E-state index in [1.165, 1.54) is 0 Å². The molecule has 2 aliphatic rings. The molecule has 7 nitrogen and oxygen atoms in total. The van der Waals surface area contributed by atoms with Gasteiger partial charge in [-0.25, -0.2) is 4.68 Å². The number of carboxylic acid groups (broad SMARTS) is 1. The lowest BCUT2D eigenvalue weighted by Crippen LogP contribution is -2.35. The van der Waals surface area contributed by atoms with E-state index in [0.29, 0.717) is 25.0 Å². The van der Waals surface area contributed by atoms with Crippen LogP contribution in [0.25, 0.3) is 5.69 Å². The van der Waals surface area contributed by atoms with Crippen LogP contribution in [0.1, 0.15) is 25.3 Å². The van der Waals surface area contributed by atoms with Gasteiger partial charge in [0.05, 0.1) is 11.9 Å². The first-order valence-corrected chi connectivity index (χ1v) is 8.36. The van der Waals surface area contributed by atoms with Gasteiger partial charge in [0.1, 0.15) is 0 Å². The van der Waals surface area contributed by atoms with Crippen LogP contribution in [0.15, 0.2) is 42.7 Å². The van der Waals surface area contributed by atoms with E-state index >= 15 is 0 Å². The average Bonchev–Trinajstić information content (AvgIpc) is 3.27. The molecule has 0 saturated carbocycles. The summed E-state index contributed by atoms with van der Waals surface area (Å²) < 4.78 is 1.86. The van der Waals surface area contributed by atoms with Gasteiger partial charge in [-0.3, -0.25) is 9.59 Å². The Bertz CT molecular complexity index is 740. The molecule has 1 amide bonds. The van der Waals surface area contributed by atoms with Gasteiger partial charge in [0, 0.05) is 43.7 Å². The van der Waals surface area contributed by atoms with Gasteiger partial charge in [-0.15, -0.1) is 0 Å². The number of aromatic nitrogens is 2. The van der Waals surface area contributed by atoms with E-state index in [-0.39, 0.29) is 5.91 Å². The van der Waals surface area contributed by atoms with Crippen molar-refractivity contribution in [2.75, 3.05) is 6.54 Å². The molecule has 4 rings (SSSR count). The maximum atomic E-state index is 12.1. The van der Waals surface area contributed by atoms with E-state index in [2.05, 4.69) is 10.4 Å². The molecule has 2 aromatic rings. The highest BCUT2D eigenvalue weighted by molar-refractivity contribution is 5.80. The van der Waals surface area contributed by atoms with Crippen molar-refractivity contribution in [2.24, 2.45) is 0 Å². The number of amides is 1. The summed E-state index contributed by atoms with van der Waals surface area (Å²) >= 11 is 0. The third-order valence-corrected chi connectivity index (χ3v) is 4.44. The number of aliphatic carboxylic acids is 1. The Morgan fingerprint density at radius 2 is 2.08 bits per heavy atom. The summed E-state index contributed by atoms with van der Waals surface area (Å²) in [6.07, 6.45) is 5.56. The maximum Gasteiger partial charge on any atom is 0.300 e. The van der Waals surface area contributed by atoms with Crippen molar-refractivity contribution < 1.29 is 14.7 Å². The Labute approximate surface area is 146 Å². The fourth-order valence-electron chi connectivity index (χ4n) is 3.39. The molecule has 2 N–H and O–H groups in total. The topological polar surface area (TPSA) is 87.5 Å². The minimum absolute atomic E-state index is 0.254. The largest absolute Gasteiger partial charge is 0.481 e. The molecular formula is C18H22N4O3. The molecule has 0 unspecified atom stereocenters. The molecule has 1 aromatic carbocycles. The van der Waals surface area contributed by atoms with Gasteiger partial charge in [-0.05, 0) is 25.1 Å². The monoisotopic (exact) mass is 342 g/mol. The lowest BCUT2D eigenvalue weighted by atomic mass is 10.1. The molecule has 0 spiro atoms. The first-order chi connectivity index (χ1) is 12.0. The zero-order chi connectivity index (χ0) is 17.8. The van der Waals surface area contributed by atoms with E-state index in [0.717, 1.165) is 31.1 Å². The van der Waals surface area contributed by atoms with E-state index in [4.69, 9.17) is 9.90 Å². The number of carbonyl (C=O) groups is 2. The molecule has 132 valence electrons. The molecule has 0 aliphatic carbocycles. The zero-order valence-corrected chi connectivity index (χ0v) is 14.1. The second-order valence-electron chi connectivity index (χ2n) is 6.29. The standard InChI is InChI=1S/C16H18N4O.C2H4O2/c21-16-8-14-15(6-7-17-14)19(16)10-12-9-18-20(11-12)13-4-2-1-3-5-13;1-2(3)4/h1-5,9,11,14-15,17H,6-8,10H2;1H3,(H,3,4)/t14-,15-;/m1./s1.